The van der Waals surface area contributed by atoms with Crippen LogP contribution >= 0.6 is 0 Å². The summed E-state index contributed by atoms with van der Waals surface area (Å²) in [4.78, 5) is 24.2. The van der Waals surface area contributed by atoms with Crippen molar-refractivity contribution in [3.05, 3.63) is 53.6 Å². The Morgan fingerprint density at radius 2 is 2.10 bits per heavy atom. The Kier molecular flexibility index (Phi) is 5.66. The summed E-state index contributed by atoms with van der Waals surface area (Å²) < 4.78 is 55.2. The van der Waals surface area contributed by atoms with Crippen LogP contribution in [0.2, 0.25) is 0 Å². The molecule has 0 spiro atoms. The van der Waals surface area contributed by atoms with Gasteiger partial charge in [0.25, 0.3) is 5.91 Å². The summed E-state index contributed by atoms with van der Waals surface area (Å²) >= 11 is 0. The first-order valence-corrected chi connectivity index (χ1v) is 8.21. The number of hydrogen-bond donors (Lipinski definition) is 3. The van der Waals surface area contributed by atoms with E-state index in [2.05, 4.69) is 20.1 Å². The van der Waals surface area contributed by atoms with Crippen LogP contribution in [0.15, 0.2) is 30.7 Å². The van der Waals surface area contributed by atoms with Crippen molar-refractivity contribution in [1.29, 1.82) is 0 Å². The molecule has 0 fully saturated rings. The number of hydrogen-bond acceptors (Lipinski definition) is 6. The van der Waals surface area contributed by atoms with Crippen LogP contribution in [-0.4, -0.2) is 38.6 Å². The molecule has 2 heterocycles. The number of hydroxylamine groups is 1. The van der Waals surface area contributed by atoms with E-state index in [4.69, 9.17) is 5.11 Å². The number of carbonyl (C=O) groups excluding carboxylic acids is 1. The molecule has 0 bridgehead atoms. The maximum Gasteiger partial charge on any atom is 0.450 e. The van der Waals surface area contributed by atoms with Crippen LogP contribution in [0.5, 0.6) is 0 Å². The van der Waals surface area contributed by atoms with Gasteiger partial charge >= 0.3 is 6.18 Å². The molecule has 3 N–H and O–H groups in total. The van der Waals surface area contributed by atoms with Gasteiger partial charge in [-0.15, -0.1) is 0 Å². The van der Waals surface area contributed by atoms with E-state index in [1.54, 1.807) is 13.0 Å². The monoisotopic (exact) mass is 413 g/mol. The minimum absolute atomic E-state index is 0.0782. The molecule has 0 aliphatic rings. The van der Waals surface area contributed by atoms with E-state index in [1.807, 2.05) is 5.48 Å². The van der Waals surface area contributed by atoms with E-state index < -0.39 is 36.0 Å². The van der Waals surface area contributed by atoms with Crippen LogP contribution in [0.1, 0.15) is 21.9 Å². The molecule has 29 heavy (non-hydrogen) atoms. The fraction of sp³-hybridized carbons (Fsp3) is 0.235. The molecule has 3 aromatic rings. The number of aliphatic hydroxyl groups is 1. The first-order chi connectivity index (χ1) is 13.7. The molecule has 0 unspecified atom stereocenters. The standard InChI is InChI=1S/C17H15F4N5O3/c1-9-2-3-11(10(18)6-9)23-13-12-7-22-8-26(12)16(17(19,20)21)24-14(13)15(28)25-29-5-4-27/h2-3,6-8,23,27H,4-5H2,1H3,(H,25,28). The molecule has 154 valence electrons. The zero-order chi connectivity index (χ0) is 21.2. The number of amides is 1. The number of fused-ring (bicyclic) bond motifs is 1. The lowest BCUT2D eigenvalue weighted by Gasteiger charge is -2.17. The fourth-order valence-electron chi connectivity index (χ4n) is 2.54. The average molecular weight is 413 g/mol. The van der Waals surface area contributed by atoms with E-state index in [1.165, 1.54) is 12.1 Å². The molecule has 8 nitrogen and oxygen atoms in total. The summed E-state index contributed by atoms with van der Waals surface area (Å²) in [6, 6.07) is 4.18. The molecule has 0 saturated heterocycles. The van der Waals surface area contributed by atoms with Gasteiger partial charge in [-0.05, 0) is 24.6 Å². The molecule has 1 aromatic carbocycles. The Hall–Kier alpha value is -3.25. The van der Waals surface area contributed by atoms with Gasteiger partial charge in [-0.25, -0.2) is 19.8 Å². The zero-order valence-corrected chi connectivity index (χ0v) is 14.9. The number of carbonyl (C=O) groups is 1. The number of aromatic nitrogens is 3. The van der Waals surface area contributed by atoms with E-state index >= 15 is 0 Å². The summed E-state index contributed by atoms with van der Waals surface area (Å²) in [5.41, 5.74) is 1.39. The Bertz CT molecular complexity index is 1050. The molecule has 1 amide bonds. The predicted octanol–water partition coefficient (Wildman–Crippen LogP) is 2.59. The summed E-state index contributed by atoms with van der Waals surface area (Å²) in [7, 11) is 0. The topological polar surface area (TPSA) is 101 Å². The van der Waals surface area contributed by atoms with Gasteiger partial charge in [-0.2, -0.15) is 13.2 Å². The lowest BCUT2D eigenvalue weighted by Crippen LogP contribution is -2.29. The largest absolute Gasteiger partial charge is 0.450 e. The molecular formula is C17H15F4N5O3. The second-order valence-corrected chi connectivity index (χ2v) is 5.92. The van der Waals surface area contributed by atoms with Crippen molar-refractivity contribution >= 4 is 22.8 Å². The number of nitrogens with one attached hydrogen (secondary N) is 2. The molecule has 0 atom stereocenters. The third-order valence-electron chi connectivity index (χ3n) is 3.79. The fourth-order valence-corrected chi connectivity index (χ4v) is 2.54. The van der Waals surface area contributed by atoms with Crippen molar-refractivity contribution in [2.24, 2.45) is 0 Å². The maximum absolute atomic E-state index is 14.3. The Balaban J connectivity index is 2.16. The van der Waals surface area contributed by atoms with Gasteiger partial charge in [0, 0.05) is 0 Å². The second-order valence-electron chi connectivity index (χ2n) is 5.92. The molecule has 0 aliphatic carbocycles. The van der Waals surface area contributed by atoms with Gasteiger partial charge in [0.1, 0.15) is 12.1 Å². The van der Waals surface area contributed by atoms with Crippen molar-refractivity contribution in [3.8, 4) is 0 Å². The van der Waals surface area contributed by atoms with Crippen LogP contribution in [0.25, 0.3) is 5.52 Å². The van der Waals surface area contributed by atoms with Crippen LogP contribution in [0.4, 0.5) is 28.9 Å². The Morgan fingerprint density at radius 3 is 2.76 bits per heavy atom. The normalized spacial score (nSPS) is 11.7. The van der Waals surface area contributed by atoms with E-state index in [0.29, 0.717) is 9.96 Å². The molecular weight excluding hydrogens is 398 g/mol. The van der Waals surface area contributed by atoms with Gasteiger partial charge in [0.2, 0.25) is 5.82 Å². The summed E-state index contributed by atoms with van der Waals surface area (Å²) in [6.45, 7) is 0.948. The minimum Gasteiger partial charge on any atom is -0.394 e. The highest BCUT2D eigenvalue weighted by molar-refractivity contribution is 6.01. The van der Waals surface area contributed by atoms with Gasteiger partial charge in [-0.3, -0.25) is 14.0 Å². The van der Waals surface area contributed by atoms with Gasteiger partial charge in [0.15, 0.2) is 5.69 Å². The number of nitrogens with zero attached hydrogens (tertiary/aromatic N) is 3. The van der Waals surface area contributed by atoms with Crippen molar-refractivity contribution in [3.63, 3.8) is 0 Å². The quantitative estimate of drug-likeness (QED) is 0.326. The highest BCUT2D eigenvalue weighted by atomic mass is 19.4. The number of aliphatic hydroxyl groups excluding tert-OH is 1. The third kappa shape index (κ3) is 4.27. The predicted molar refractivity (Wildman–Crippen MR) is 92.9 cm³/mol. The minimum atomic E-state index is -4.90. The van der Waals surface area contributed by atoms with Crippen molar-refractivity contribution in [1.82, 2.24) is 19.8 Å². The molecule has 0 saturated carbocycles. The maximum atomic E-state index is 14.3. The highest BCUT2D eigenvalue weighted by Crippen LogP contribution is 2.33. The number of halogens is 4. The lowest BCUT2D eigenvalue weighted by molar-refractivity contribution is -0.145. The first kappa shape index (κ1) is 20.5. The van der Waals surface area contributed by atoms with Crippen molar-refractivity contribution in [2.75, 3.05) is 18.5 Å². The van der Waals surface area contributed by atoms with Crippen molar-refractivity contribution < 1.29 is 32.3 Å². The molecule has 0 aliphatic heterocycles. The number of rotatable bonds is 6. The number of alkyl halides is 3. The van der Waals surface area contributed by atoms with Crippen LogP contribution in [0, 0.1) is 12.7 Å². The molecule has 12 heteroatoms. The van der Waals surface area contributed by atoms with Crippen LogP contribution in [0.3, 0.4) is 0 Å². The molecule has 2 aromatic heterocycles. The summed E-state index contributed by atoms with van der Waals surface area (Å²) in [6.07, 6.45) is -2.93. The lowest BCUT2D eigenvalue weighted by atomic mass is 10.2. The number of anilines is 2. The summed E-state index contributed by atoms with van der Waals surface area (Å²) in [5.74, 6) is -3.19. The van der Waals surface area contributed by atoms with E-state index in [9.17, 15) is 22.4 Å². The van der Waals surface area contributed by atoms with Gasteiger partial charge in [0.05, 0.1) is 36.3 Å². The van der Waals surface area contributed by atoms with E-state index in [-0.39, 0.29) is 23.5 Å². The zero-order valence-electron chi connectivity index (χ0n) is 14.9. The molecule has 3 rings (SSSR count). The number of aryl methyl sites for hydroxylation is 1. The Labute approximate surface area is 161 Å². The molecule has 0 radical (unpaired) electrons. The van der Waals surface area contributed by atoms with Gasteiger partial charge in [-0.1, -0.05) is 6.07 Å². The first-order valence-electron chi connectivity index (χ1n) is 8.21. The Morgan fingerprint density at radius 1 is 1.34 bits per heavy atom. The smallest absolute Gasteiger partial charge is 0.394 e. The highest BCUT2D eigenvalue weighted by Gasteiger charge is 2.38. The number of imidazole rings is 1. The van der Waals surface area contributed by atoms with E-state index in [0.717, 1.165) is 12.5 Å². The summed E-state index contributed by atoms with van der Waals surface area (Å²) in [5, 5.41) is 11.3. The van der Waals surface area contributed by atoms with Gasteiger partial charge < -0.3 is 10.4 Å². The third-order valence-corrected chi connectivity index (χ3v) is 3.79. The number of benzene rings is 1. The second kappa shape index (κ2) is 8.01. The van der Waals surface area contributed by atoms with Crippen LogP contribution in [-0.2, 0) is 11.0 Å². The van der Waals surface area contributed by atoms with Crippen LogP contribution < -0.4 is 10.8 Å². The van der Waals surface area contributed by atoms with Crippen molar-refractivity contribution in [2.45, 2.75) is 13.1 Å². The average Bonchev–Trinajstić information content (AvgIpc) is 3.12. The SMILES string of the molecule is Cc1ccc(Nc2c(C(=O)NOCCO)nc(C(F)(F)F)n3cncc23)c(F)c1.